The molecule has 20 heavy (non-hydrogen) atoms. The van der Waals surface area contributed by atoms with Crippen LogP contribution >= 0.6 is 0 Å². The summed E-state index contributed by atoms with van der Waals surface area (Å²) in [6.45, 7) is 4.23. The molecule has 1 N–H and O–H groups in total. The minimum atomic E-state index is 0.875. The average Bonchev–Trinajstić information content (AvgIpc) is 2.64. The lowest BCUT2D eigenvalue weighted by Gasteiger charge is -2.18. The number of likely N-dealkylation sites (tertiary alicyclic amines) is 1. The summed E-state index contributed by atoms with van der Waals surface area (Å²) in [4.78, 5) is 2.55. The third kappa shape index (κ3) is 2.89. The second-order valence-corrected chi connectivity index (χ2v) is 5.72. The van der Waals surface area contributed by atoms with Crippen LogP contribution in [0.2, 0.25) is 0 Å². The van der Waals surface area contributed by atoms with Crippen molar-refractivity contribution in [1.29, 1.82) is 0 Å². The lowest BCUT2D eigenvalue weighted by Crippen LogP contribution is -2.24. The Morgan fingerprint density at radius 2 is 1.85 bits per heavy atom. The van der Waals surface area contributed by atoms with Crippen LogP contribution in [0, 0.1) is 0 Å². The number of para-hydroxylation sites is 1. The molecule has 3 nitrogen and oxygen atoms in total. The van der Waals surface area contributed by atoms with Gasteiger partial charge < -0.3 is 9.73 Å². The van der Waals surface area contributed by atoms with Gasteiger partial charge in [0, 0.05) is 17.5 Å². The zero-order chi connectivity index (χ0) is 13.8. The van der Waals surface area contributed by atoms with Gasteiger partial charge in [0.05, 0.1) is 6.54 Å². The highest BCUT2D eigenvalue weighted by atomic mass is 16.3. The first-order chi connectivity index (χ1) is 9.88. The second-order valence-electron chi connectivity index (χ2n) is 5.72. The first-order valence-electron chi connectivity index (χ1n) is 7.74. The van der Waals surface area contributed by atoms with E-state index in [-0.39, 0.29) is 0 Å². The summed E-state index contributed by atoms with van der Waals surface area (Å²) in [7, 11) is 2.00. The fourth-order valence-electron chi connectivity index (χ4n) is 3.15. The predicted molar refractivity (Wildman–Crippen MR) is 82.7 cm³/mol. The molecule has 1 saturated heterocycles. The molecule has 0 bridgehead atoms. The highest BCUT2D eigenvalue weighted by molar-refractivity contribution is 5.82. The van der Waals surface area contributed by atoms with Crippen molar-refractivity contribution < 1.29 is 4.42 Å². The molecule has 0 aliphatic carbocycles. The van der Waals surface area contributed by atoms with Crippen molar-refractivity contribution in [3.8, 4) is 0 Å². The zero-order valence-corrected chi connectivity index (χ0v) is 12.3. The van der Waals surface area contributed by atoms with Gasteiger partial charge in [-0.1, -0.05) is 31.0 Å². The molecule has 1 aromatic carbocycles. The van der Waals surface area contributed by atoms with Gasteiger partial charge in [0.1, 0.15) is 11.3 Å². The molecule has 2 aromatic rings. The highest BCUT2D eigenvalue weighted by Crippen LogP contribution is 2.27. The molecule has 0 atom stereocenters. The van der Waals surface area contributed by atoms with E-state index < -0.39 is 0 Å². The van der Waals surface area contributed by atoms with Crippen LogP contribution in [0.1, 0.15) is 37.0 Å². The summed E-state index contributed by atoms with van der Waals surface area (Å²) >= 11 is 0. The van der Waals surface area contributed by atoms with Crippen molar-refractivity contribution in [2.45, 2.75) is 38.8 Å². The van der Waals surface area contributed by atoms with E-state index in [2.05, 4.69) is 28.4 Å². The fraction of sp³-hybridized carbons (Fsp3) is 0.529. The Morgan fingerprint density at radius 3 is 2.60 bits per heavy atom. The Bertz CT molecular complexity index is 553. The third-order valence-electron chi connectivity index (χ3n) is 4.20. The van der Waals surface area contributed by atoms with E-state index in [4.69, 9.17) is 4.42 Å². The van der Waals surface area contributed by atoms with E-state index in [1.165, 1.54) is 49.7 Å². The van der Waals surface area contributed by atoms with Crippen molar-refractivity contribution in [2.75, 3.05) is 20.1 Å². The lowest BCUT2D eigenvalue weighted by atomic mass is 10.1. The molecule has 0 unspecified atom stereocenters. The summed E-state index contributed by atoms with van der Waals surface area (Å²) in [5, 5.41) is 4.53. The molecule has 1 aliphatic rings. The Kier molecular flexibility index (Phi) is 4.38. The molecule has 1 aromatic heterocycles. The molecule has 3 rings (SSSR count). The quantitative estimate of drug-likeness (QED) is 0.923. The molecule has 0 amide bonds. The van der Waals surface area contributed by atoms with Gasteiger partial charge >= 0.3 is 0 Å². The lowest BCUT2D eigenvalue weighted by molar-refractivity contribution is 0.254. The monoisotopic (exact) mass is 272 g/mol. The fourth-order valence-corrected chi connectivity index (χ4v) is 3.15. The first-order valence-corrected chi connectivity index (χ1v) is 7.74. The van der Waals surface area contributed by atoms with Gasteiger partial charge in [-0.25, -0.2) is 0 Å². The van der Waals surface area contributed by atoms with Crippen LogP contribution in [0.5, 0.6) is 0 Å². The normalized spacial score (nSPS) is 17.4. The van der Waals surface area contributed by atoms with E-state index in [0.717, 1.165) is 24.4 Å². The van der Waals surface area contributed by atoms with Gasteiger partial charge in [-0.05, 0) is 39.0 Å². The molecule has 108 valence electrons. The Morgan fingerprint density at radius 1 is 1.10 bits per heavy atom. The van der Waals surface area contributed by atoms with Gasteiger partial charge in [-0.2, -0.15) is 0 Å². The Hall–Kier alpha value is -1.32. The van der Waals surface area contributed by atoms with E-state index in [9.17, 15) is 0 Å². The molecule has 2 heterocycles. The summed E-state index contributed by atoms with van der Waals surface area (Å²) in [6, 6.07) is 8.37. The minimum Gasteiger partial charge on any atom is -0.459 e. The second kappa shape index (κ2) is 6.42. The first kappa shape index (κ1) is 13.7. The number of nitrogens with zero attached hydrogens (tertiary/aromatic N) is 1. The van der Waals surface area contributed by atoms with Gasteiger partial charge in [0.25, 0.3) is 0 Å². The number of hydrogen-bond donors (Lipinski definition) is 1. The number of furan rings is 1. The van der Waals surface area contributed by atoms with Crippen molar-refractivity contribution in [3.05, 3.63) is 35.6 Å². The minimum absolute atomic E-state index is 0.875. The zero-order valence-electron chi connectivity index (χ0n) is 12.3. The summed E-state index contributed by atoms with van der Waals surface area (Å²) in [6.07, 6.45) is 5.39. The SMILES string of the molecule is CNCc1c(CN2CCCCCC2)oc2ccccc12. The Balaban J connectivity index is 1.87. The van der Waals surface area contributed by atoms with Crippen LogP contribution in [0.4, 0.5) is 0 Å². The summed E-state index contributed by atoms with van der Waals surface area (Å²) < 4.78 is 6.11. The molecule has 0 radical (unpaired) electrons. The highest BCUT2D eigenvalue weighted by Gasteiger charge is 2.17. The van der Waals surface area contributed by atoms with Crippen LogP contribution in [-0.2, 0) is 13.1 Å². The van der Waals surface area contributed by atoms with Crippen LogP contribution < -0.4 is 5.32 Å². The molecule has 1 fully saturated rings. The standard InChI is InChI=1S/C17H24N2O/c1-18-12-15-14-8-4-5-9-16(14)20-17(15)13-19-10-6-2-3-7-11-19/h4-5,8-9,18H,2-3,6-7,10-13H2,1H3. The van der Waals surface area contributed by atoms with Gasteiger partial charge in [0.15, 0.2) is 0 Å². The van der Waals surface area contributed by atoms with Crippen molar-refractivity contribution in [2.24, 2.45) is 0 Å². The van der Waals surface area contributed by atoms with E-state index in [1.54, 1.807) is 0 Å². The topological polar surface area (TPSA) is 28.4 Å². The molecule has 1 aliphatic heterocycles. The maximum absolute atomic E-state index is 6.11. The predicted octanol–water partition coefficient (Wildman–Crippen LogP) is 3.53. The van der Waals surface area contributed by atoms with Crippen LogP contribution in [0.3, 0.4) is 0 Å². The van der Waals surface area contributed by atoms with Crippen molar-refractivity contribution in [1.82, 2.24) is 10.2 Å². The number of fused-ring (bicyclic) bond motifs is 1. The maximum atomic E-state index is 6.11. The summed E-state index contributed by atoms with van der Waals surface area (Å²) in [5.41, 5.74) is 2.34. The van der Waals surface area contributed by atoms with E-state index >= 15 is 0 Å². The number of benzene rings is 1. The average molecular weight is 272 g/mol. The number of nitrogens with one attached hydrogen (secondary N) is 1. The molecule has 3 heteroatoms. The number of rotatable bonds is 4. The van der Waals surface area contributed by atoms with Crippen LogP contribution in [0.25, 0.3) is 11.0 Å². The maximum Gasteiger partial charge on any atom is 0.134 e. The largest absolute Gasteiger partial charge is 0.459 e. The van der Waals surface area contributed by atoms with Crippen LogP contribution in [0.15, 0.2) is 28.7 Å². The van der Waals surface area contributed by atoms with Crippen molar-refractivity contribution >= 4 is 11.0 Å². The molecule has 0 spiro atoms. The third-order valence-corrected chi connectivity index (χ3v) is 4.20. The van der Waals surface area contributed by atoms with Crippen LogP contribution in [-0.4, -0.2) is 25.0 Å². The molecule has 0 saturated carbocycles. The van der Waals surface area contributed by atoms with E-state index in [1.807, 2.05) is 13.1 Å². The summed E-state index contributed by atoms with van der Waals surface area (Å²) in [5.74, 6) is 1.14. The van der Waals surface area contributed by atoms with Crippen molar-refractivity contribution in [3.63, 3.8) is 0 Å². The van der Waals surface area contributed by atoms with Gasteiger partial charge in [-0.3, -0.25) is 4.90 Å². The molecular weight excluding hydrogens is 248 g/mol. The van der Waals surface area contributed by atoms with E-state index in [0.29, 0.717) is 0 Å². The van der Waals surface area contributed by atoms with Gasteiger partial charge in [-0.15, -0.1) is 0 Å². The molecular formula is C17H24N2O. The number of hydrogen-bond acceptors (Lipinski definition) is 3. The smallest absolute Gasteiger partial charge is 0.134 e. The Labute approximate surface area is 120 Å². The van der Waals surface area contributed by atoms with Gasteiger partial charge in [0.2, 0.25) is 0 Å².